The Labute approximate surface area is 113 Å². The molecule has 0 N–H and O–H groups in total. The SMILES string of the molecule is Brc1ccn2cc(COc3ccccc3)nc2c1. The van der Waals surface area contributed by atoms with Gasteiger partial charge in [0, 0.05) is 16.9 Å². The van der Waals surface area contributed by atoms with Gasteiger partial charge >= 0.3 is 0 Å². The minimum atomic E-state index is 0.476. The average molecular weight is 303 g/mol. The number of hydrogen-bond donors (Lipinski definition) is 0. The molecule has 18 heavy (non-hydrogen) atoms. The van der Waals surface area contributed by atoms with Gasteiger partial charge in [0.1, 0.15) is 18.0 Å². The molecule has 0 saturated carbocycles. The molecule has 0 aliphatic rings. The highest BCUT2D eigenvalue weighted by Crippen LogP contribution is 2.15. The molecule has 0 radical (unpaired) electrons. The number of rotatable bonds is 3. The quantitative estimate of drug-likeness (QED) is 0.738. The lowest BCUT2D eigenvalue weighted by atomic mass is 10.3. The van der Waals surface area contributed by atoms with Gasteiger partial charge in [0.15, 0.2) is 0 Å². The Balaban J connectivity index is 1.79. The van der Waals surface area contributed by atoms with Gasteiger partial charge in [-0.15, -0.1) is 0 Å². The minimum Gasteiger partial charge on any atom is -0.487 e. The van der Waals surface area contributed by atoms with E-state index in [1.54, 1.807) is 0 Å². The van der Waals surface area contributed by atoms with Crippen LogP contribution in [0.4, 0.5) is 0 Å². The van der Waals surface area contributed by atoms with Crippen LogP contribution in [0.2, 0.25) is 0 Å². The summed E-state index contributed by atoms with van der Waals surface area (Å²) < 4.78 is 8.67. The van der Waals surface area contributed by atoms with Crippen LogP contribution in [0.1, 0.15) is 5.69 Å². The van der Waals surface area contributed by atoms with Gasteiger partial charge in [-0.2, -0.15) is 0 Å². The van der Waals surface area contributed by atoms with Gasteiger partial charge in [0.05, 0.1) is 5.69 Å². The predicted molar refractivity (Wildman–Crippen MR) is 73.7 cm³/mol. The molecular formula is C14H11BrN2O. The molecule has 0 fully saturated rings. The van der Waals surface area contributed by atoms with Crippen LogP contribution in [-0.4, -0.2) is 9.38 Å². The van der Waals surface area contributed by atoms with E-state index in [0.717, 1.165) is 21.6 Å². The summed E-state index contributed by atoms with van der Waals surface area (Å²) in [5.74, 6) is 0.857. The van der Waals surface area contributed by atoms with Gasteiger partial charge in [-0.05, 0) is 24.3 Å². The number of ether oxygens (including phenoxy) is 1. The van der Waals surface area contributed by atoms with E-state index < -0.39 is 0 Å². The number of para-hydroxylation sites is 1. The summed E-state index contributed by atoms with van der Waals surface area (Å²) in [6, 6.07) is 13.7. The smallest absolute Gasteiger partial charge is 0.138 e. The second-order valence-corrected chi connectivity index (χ2v) is 4.86. The molecule has 3 nitrogen and oxygen atoms in total. The Morgan fingerprint density at radius 3 is 2.83 bits per heavy atom. The first-order valence-electron chi connectivity index (χ1n) is 5.62. The number of pyridine rings is 1. The first-order valence-corrected chi connectivity index (χ1v) is 6.41. The van der Waals surface area contributed by atoms with Crippen LogP contribution in [0.3, 0.4) is 0 Å². The molecule has 3 rings (SSSR count). The molecule has 4 heteroatoms. The normalized spacial score (nSPS) is 10.7. The summed E-state index contributed by atoms with van der Waals surface area (Å²) in [6.45, 7) is 0.476. The topological polar surface area (TPSA) is 26.5 Å². The van der Waals surface area contributed by atoms with Crippen molar-refractivity contribution >= 4 is 21.6 Å². The Morgan fingerprint density at radius 2 is 2.00 bits per heavy atom. The fraction of sp³-hybridized carbons (Fsp3) is 0.0714. The number of fused-ring (bicyclic) bond motifs is 1. The third kappa shape index (κ3) is 2.38. The molecule has 0 aliphatic carbocycles. The zero-order chi connectivity index (χ0) is 12.4. The molecule has 0 amide bonds. The molecule has 1 aromatic carbocycles. The van der Waals surface area contributed by atoms with E-state index in [9.17, 15) is 0 Å². The highest BCUT2D eigenvalue weighted by molar-refractivity contribution is 9.10. The maximum atomic E-state index is 5.66. The van der Waals surface area contributed by atoms with E-state index in [1.807, 2.05) is 59.3 Å². The van der Waals surface area contributed by atoms with Crippen LogP contribution in [0, 0.1) is 0 Å². The highest BCUT2D eigenvalue weighted by Gasteiger charge is 2.02. The largest absolute Gasteiger partial charge is 0.487 e. The van der Waals surface area contributed by atoms with Crippen molar-refractivity contribution in [1.29, 1.82) is 0 Å². The predicted octanol–water partition coefficient (Wildman–Crippen LogP) is 3.68. The minimum absolute atomic E-state index is 0.476. The molecule has 3 aromatic rings. The van der Waals surface area contributed by atoms with Gasteiger partial charge in [-0.3, -0.25) is 0 Å². The van der Waals surface area contributed by atoms with Crippen molar-refractivity contribution in [2.45, 2.75) is 6.61 Å². The van der Waals surface area contributed by atoms with Crippen LogP contribution < -0.4 is 4.74 Å². The Morgan fingerprint density at radius 1 is 1.17 bits per heavy atom. The van der Waals surface area contributed by atoms with E-state index in [0.29, 0.717) is 6.61 Å². The first-order chi connectivity index (χ1) is 8.81. The monoisotopic (exact) mass is 302 g/mol. The Hall–Kier alpha value is -1.81. The van der Waals surface area contributed by atoms with Crippen LogP contribution in [0.25, 0.3) is 5.65 Å². The summed E-state index contributed by atoms with van der Waals surface area (Å²) in [5, 5.41) is 0. The molecule has 2 heterocycles. The van der Waals surface area contributed by atoms with Gasteiger partial charge in [0.25, 0.3) is 0 Å². The summed E-state index contributed by atoms with van der Waals surface area (Å²) in [7, 11) is 0. The van der Waals surface area contributed by atoms with Crippen molar-refractivity contribution in [2.24, 2.45) is 0 Å². The molecule has 0 bridgehead atoms. The lowest BCUT2D eigenvalue weighted by molar-refractivity contribution is 0.302. The van der Waals surface area contributed by atoms with E-state index in [2.05, 4.69) is 20.9 Å². The molecular weight excluding hydrogens is 292 g/mol. The number of aromatic nitrogens is 2. The summed E-state index contributed by atoms with van der Waals surface area (Å²) in [6.07, 6.45) is 3.95. The van der Waals surface area contributed by atoms with Gasteiger partial charge in [-0.25, -0.2) is 4.98 Å². The summed E-state index contributed by atoms with van der Waals surface area (Å²) >= 11 is 3.43. The lowest BCUT2D eigenvalue weighted by Crippen LogP contribution is -1.94. The fourth-order valence-electron chi connectivity index (χ4n) is 1.75. The number of benzene rings is 1. The van der Waals surface area contributed by atoms with Crippen molar-refractivity contribution in [1.82, 2.24) is 9.38 Å². The summed E-state index contributed by atoms with van der Waals surface area (Å²) in [4.78, 5) is 4.50. The number of halogens is 1. The van der Waals surface area contributed by atoms with E-state index in [-0.39, 0.29) is 0 Å². The van der Waals surface area contributed by atoms with E-state index in [4.69, 9.17) is 4.74 Å². The van der Waals surface area contributed by atoms with Crippen molar-refractivity contribution in [3.63, 3.8) is 0 Å². The standard InChI is InChI=1S/C14H11BrN2O/c15-11-6-7-17-9-12(16-14(17)8-11)10-18-13-4-2-1-3-5-13/h1-9H,10H2. The highest BCUT2D eigenvalue weighted by atomic mass is 79.9. The van der Waals surface area contributed by atoms with Gasteiger partial charge in [0.2, 0.25) is 0 Å². The molecule has 0 atom stereocenters. The third-order valence-electron chi connectivity index (χ3n) is 2.60. The van der Waals surface area contributed by atoms with Crippen LogP contribution in [-0.2, 0) is 6.61 Å². The Bertz CT molecular complexity index is 664. The first kappa shape index (κ1) is 11.3. The van der Waals surface area contributed by atoms with E-state index >= 15 is 0 Å². The van der Waals surface area contributed by atoms with Crippen LogP contribution in [0.5, 0.6) is 5.75 Å². The number of imidazole rings is 1. The average Bonchev–Trinajstić information content (AvgIpc) is 2.79. The van der Waals surface area contributed by atoms with Crippen molar-refractivity contribution in [3.05, 3.63) is 65.0 Å². The fourth-order valence-corrected chi connectivity index (χ4v) is 2.08. The maximum absolute atomic E-state index is 5.66. The molecule has 0 saturated heterocycles. The number of nitrogens with zero attached hydrogens (tertiary/aromatic N) is 2. The van der Waals surface area contributed by atoms with Crippen LogP contribution >= 0.6 is 15.9 Å². The second kappa shape index (κ2) is 4.82. The zero-order valence-corrected chi connectivity index (χ0v) is 11.2. The summed E-state index contributed by atoms with van der Waals surface area (Å²) in [5.41, 5.74) is 1.83. The molecule has 2 aromatic heterocycles. The van der Waals surface area contributed by atoms with Gasteiger partial charge in [-0.1, -0.05) is 34.1 Å². The lowest BCUT2D eigenvalue weighted by Gasteiger charge is -2.02. The van der Waals surface area contributed by atoms with Crippen molar-refractivity contribution in [3.8, 4) is 5.75 Å². The van der Waals surface area contributed by atoms with Gasteiger partial charge < -0.3 is 9.14 Å². The zero-order valence-electron chi connectivity index (χ0n) is 9.58. The third-order valence-corrected chi connectivity index (χ3v) is 3.10. The Kier molecular flexibility index (Phi) is 3.02. The van der Waals surface area contributed by atoms with Crippen molar-refractivity contribution < 1.29 is 4.74 Å². The maximum Gasteiger partial charge on any atom is 0.138 e. The molecule has 90 valence electrons. The molecule has 0 unspecified atom stereocenters. The van der Waals surface area contributed by atoms with Crippen LogP contribution in [0.15, 0.2) is 59.3 Å². The molecule has 0 spiro atoms. The second-order valence-electron chi connectivity index (χ2n) is 3.94. The molecule has 0 aliphatic heterocycles. The van der Waals surface area contributed by atoms with E-state index in [1.165, 1.54) is 0 Å². The number of hydrogen-bond acceptors (Lipinski definition) is 2. The van der Waals surface area contributed by atoms with Crippen molar-refractivity contribution in [2.75, 3.05) is 0 Å².